The van der Waals surface area contributed by atoms with E-state index in [4.69, 9.17) is 0 Å². The molecular formula is C22H44N4. The van der Waals surface area contributed by atoms with E-state index in [0.29, 0.717) is 12.1 Å². The molecule has 0 atom stereocenters. The molecule has 0 aliphatic carbocycles. The molecule has 4 nitrogen and oxygen atoms in total. The zero-order valence-corrected chi connectivity index (χ0v) is 18.7. The van der Waals surface area contributed by atoms with Crippen LogP contribution in [0.15, 0.2) is 0 Å². The van der Waals surface area contributed by atoms with Crippen LogP contribution in [0.5, 0.6) is 0 Å². The third-order valence-corrected chi connectivity index (χ3v) is 6.62. The minimum atomic E-state index is 0.230. The molecule has 3 aliphatic heterocycles. The Morgan fingerprint density at radius 3 is 1.19 bits per heavy atom. The molecule has 0 aromatic carbocycles. The van der Waals surface area contributed by atoms with Gasteiger partial charge in [-0.3, -0.25) is 9.80 Å². The highest BCUT2D eigenvalue weighted by atomic mass is 15.4. The summed E-state index contributed by atoms with van der Waals surface area (Å²) < 4.78 is 0. The van der Waals surface area contributed by atoms with Gasteiger partial charge in [0, 0.05) is 47.3 Å². The standard InChI is InChI=1S/C22H44N4/c1-19(2)12-17(13-20(3,4)23-19)25-10-9-11-26(16-25)18-14-21(5,6)24-22(7,8)15-18/h17-18,23-24H,9-16H2,1-8H3. The van der Waals surface area contributed by atoms with Crippen molar-refractivity contribution in [2.24, 2.45) is 0 Å². The lowest BCUT2D eigenvalue weighted by atomic mass is 9.78. The van der Waals surface area contributed by atoms with Crippen LogP contribution in [-0.2, 0) is 0 Å². The molecule has 3 saturated heterocycles. The number of hydrogen-bond acceptors (Lipinski definition) is 4. The summed E-state index contributed by atoms with van der Waals surface area (Å²) in [6.45, 7) is 22.7. The molecular weight excluding hydrogens is 320 g/mol. The Kier molecular flexibility index (Phi) is 5.32. The fourth-order valence-corrected chi connectivity index (χ4v) is 6.50. The first-order chi connectivity index (χ1) is 11.8. The molecule has 0 aromatic heterocycles. The van der Waals surface area contributed by atoms with E-state index in [1.807, 2.05) is 0 Å². The summed E-state index contributed by atoms with van der Waals surface area (Å²) in [5.41, 5.74) is 0.918. The van der Waals surface area contributed by atoms with Crippen LogP contribution >= 0.6 is 0 Å². The van der Waals surface area contributed by atoms with Crippen molar-refractivity contribution in [3.8, 4) is 0 Å². The lowest BCUT2D eigenvalue weighted by molar-refractivity contribution is -0.0337. The fraction of sp³-hybridized carbons (Fsp3) is 1.00. The summed E-state index contributed by atoms with van der Waals surface area (Å²) in [4.78, 5) is 5.60. The number of piperidine rings is 2. The summed E-state index contributed by atoms with van der Waals surface area (Å²) in [6.07, 6.45) is 6.34. The van der Waals surface area contributed by atoms with Gasteiger partial charge in [-0.25, -0.2) is 0 Å². The highest BCUT2D eigenvalue weighted by Gasteiger charge is 2.43. The van der Waals surface area contributed by atoms with Crippen LogP contribution in [0.25, 0.3) is 0 Å². The lowest BCUT2D eigenvalue weighted by Crippen LogP contribution is -2.66. The van der Waals surface area contributed by atoms with Gasteiger partial charge in [0.1, 0.15) is 0 Å². The first-order valence-corrected chi connectivity index (χ1v) is 10.8. The summed E-state index contributed by atoms with van der Waals surface area (Å²) in [6, 6.07) is 1.40. The summed E-state index contributed by atoms with van der Waals surface area (Å²) in [5.74, 6) is 0. The minimum absolute atomic E-state index is 0.230. The zero-order chi connectivity index (χ0) is 19.4. The van der Waals surface area contributed by atoms with Gasteiger partial charge in [-0.1, -0.05) is 0 Å². The average Bonchev–Trinajstić information content (AvgIpc) is 2.41. The van der Waals surface area contributed by atoms with Crippen LogP contribution in [0.2, 0.25) is 0 Å². The van der Waals surface area contributed by atoms with E-state index in [1.54, 1.807) is 0 Å². The summed E-state index contributed by atoms with van der Waals surface area (Å²) in [5, 5.41) is 7.70. The van der Waals surface area contributed by atoms with Crippen LogP contribution in [0, 0.1) is 0 Å². The van der Waals surface area contributed by atoms with E-state index in [2.05, 4.69) is 75.8 Å². The molecule has 0 radical (unpaired) electrons. The quantitative estimate of drug-likeness (QED) is 0.784. The maximum absolute atomic E-state index is 3.85. The highest BCUT2D eigenvalue weighted by molar-refractivity contribution is 5.03. The molecule has 3 aliphatic rings. The van der Waals surface area contributed by atoms with E-state index in [1.165, 1.54) is 45.2 Å². The third kappa shape index (κ3) is 5.01. The van der Waals surface area contributed by atoms with Crippen LogP contribution in [0.1, 0.15) is 87.5 Å². The second-order valence-corrected chi connectivity index (χ2v) is 12.0. The van der Waals surface area contributed by atoms with Crippen molar-refractivity contribution in [2.75, 3.05) is 19.8 Å². The van der Waals surface area contributed by atoms with Crippen LogP contribution in [0.4, 0.5) is 0 Å². The number of nitrogens with one attached hydrogen (secondary N) is 2. The van der Waals surface area contributed by atoms with Crippen LogP contribution in [0.3, 0.4) is 0 Å². The summed E-state index contributed by atoms with van der Waals surface area (Å²) in [7, 11) is 0. The first kappa shape index (κ1) is 20.6. The molecule has 3 fully saturated rings. The van der Waals surface area contributed by atoms with Gasteiger partial charge in [0.25, 0.3) is 0 Å². The number of rotatable bonds is 2. The predicted octanol–water partition coefficient (Wildman–Crippen LogP) is 3.57. The van der Waals surface area contributed by atoms with Gasteiger partial charge in [0.05, 0.1) is 6.67 Å². The smallest absolute Gasteiger partial charge is 0.0511 e. The maximum Gasteiger partial charge on any atom is 0.0511 e. The Bertz CT molecular complexity index is 432. The van der Waals surface area contributed by atoms with Gasteiger partial charge >= 0.3 is 0 Å². The molecule has 0 spiro atoms. The first-order valence-electron chi connectivity index (χ1n) is 10.8. The zero-order valence-electron chi connectivity index (χ0n) is 18.7. The van der Waals surface area contributed by atoms with Gasteiger partial charge in [-0.15, -0.1) is 0 Å². The SMILES string of the molecule is CC1(C)CC(N2CCCN(C3CC(C)(C)NC(C)(C)C3)C2)CC(C)(C)N1. The van der Waals surface area contributed by atoms with E-state index in [9.17, 15) is 0 Å². The fourth-order valence-electron chi connectivity index (χ4n) is 6.50. The molecule has 2 N–H and O–H groups in total. The van der Waals surface area contributed by atoms with Gasteiger partial charge in [0.2, 0.25) is 0 Å². The molecule has 4 heteroatoms. The molecule has 0 amide bonds. The number of nitrogens with zero attached hydrogens (tertiary/aromatic N) is 2. The molecule has 3 heterocycles. The molecule has 0 saturated carbocycles. The lowest BCUT2D eigenvalue weighted by Gasteiger charge is -2.54. The second kappa shape index (κ2) is 6.72. The van der Waals surface area contributed by atoms with Crippen molar-refractivity contribution in [1.29, 1.82) is 0 Å². The Balaban J connectivity index is 1.69. The highest BCUT2D eigenvalue weighted by Crippen LogP contribution is 2.35. The molecule has 0 bridgehead atoms. The van der Waals surface area contributed by atoms with Crippen molar-refractivity contribution in [3.05, 3.63) is 0 Å². The van der Waals surface area contributed by atoms with Crippen LogP contribution in [-0.4, -0.2) is 63.8 Å². The van der Waals surface area contributed by atoms with Crippen molar-refractivity contribution >= 4 is 0 Å². The molecule has 0 unspecified atom stereocenters. The monoisotopic (exact) mass is 364 g/mol. The van der Waals surface area contributed by atoms with Gasteiger partial charge in [-0.2, -0.15) is 0 Å². The molecule has 152 valence electrons. The van der Waals surface area contributed by atoms with E-state index in [0.717, 1.165) is 6.67 Å². The predicted molar refractivity (Wildman–Crippen MR) is 112 cm³/mol. The maximum atomic E-state index is 3.85. The van der Waals surface area contributed by atoms with E-state index in [-0.39, 0.29) is 22.2 Å². The Hall–Kier alpha value is -0.160. The molecule has 3 rings (SSSR count). The second-order valence-electron chi connectivity index (χ2n) is 12.0. The van der Waals surface area contributed by atoms with Crippen molar-refractivity contribution < 1.29 is 0 Å². The topological polar surface area (TPSA) is 30.5 Å². The molecule has 0 aromatic rings. The minimum Gasteiger partial charge on any atom is -0.307 e. The average molecular weight is 365 g/mol. The van der Waals surface area contributed by atoms with E-state index >= 15 is 0 Å². The Morgan fingerprint density at radius 1 is 0.577 bits per heavy atom. The summed E-state index contributed by atoms with van der Waals surface area (Å²) >= 11 is 0. The normalized spacial score (nSPS) is 33.2. The Morgan fingerprint density at radius 2 is 0.885 bits per heavy atom. The Labute approximate surface area is 162 Å². The van der Waals surface area contributed by atoms with Gasteiger partial charge < -0.3 is 10.6 Å². The third-order valence-electron chi connectivity index (χ3n) is 6.62. The van der Waals surface area contributed by atoms with Gasteiger partial charge in [0.15, 0.2) is 0 Å². The number of hydrogen-bond donors (Lipinski definition) is 2. The van der Waals surface area contributed by atoms with Crippen molar-refractivity contribution in [3.63, 3.8) is 0 Å². The van der Waals surface area contributed by atoms with Crippen molar-refractivity contribution in [2.45, 2.75) is 122 Å². The van der Waals surface area contributed by atoms with E-state index < -0.39 is 0 Å². The van der Waals surface area contributed by atoms with Crippen LogP contribution < -0.4 is 10.6 Å². The van der Waals surface area contributed by atoms with Crippen molar-refractivity contribution in [1.82, 2.24) is 20.4 Å². The largest absolute Gasteiger partial charge is 0.307 e. The molecule has 26 heavy (non-hydrogen) atoms. The van der Waals surface area contributed by atoms with Gasteiger partial charge in [-0.05, 0) is 87.5 Å².